The number of aromatic hydroxyl groups is 1. The number of aliphatic hydroxyl groups excluding tert-OH is 8. The van der Waals surface area contributed by atoms with E-state index in [0.29, 0.717) is 5.56 Å². The van der Waals surface area contributed by atoms with Crippen LogP contribution in [0.4, 0.5) is 0 Å². The zero-order valence-corrected chi connectivity index (χ0v) is 21.7. The molecule has 0 radical (unpaired) electrons. The zero-order chi connectivity index (χ0) is 30.3. The molecule has 10 atom stereocenters. The van der Waals surface area contributed by atoms with Crippen LogP contribution in [0.5, 0.6) is 17.2 Å². The van der Waals surface area contributed by atoms with E-state index in [1.54, 1.807) is 0 Å². The fourth-order valence-corrected chi connectivity index (χ4v) is 4.75. The molecule has 0 saturated carbocycles. The van der Waals surface area contributed by atoms with Crippen LogP contribution in [0.25, 0.3) is 22.3 Å². The summed E-state index contributed by atoms with van der Waals surface area (Å²) in [5.41, 5.74) is -0.293. The van der Waals surface area contributed by atoms with E-state index in [9.17, 15) is 50.8 Å². The molecule has 5 rings (SSSR count). The van der Waals surface area contributed by atoms with Gasteiger partial charge in [0.1, 0.15) is 82.8 Å². The molecule has 9 N–H and O–H groups in total. The van der Waals surface area contributed by atoms with Gasteiger partial charge in [0.2, 0.25) is 12.6 Å². The summed E-state index contributed by atoms with van der Waals surface area (Å²) in [5.74, 6) is -0.362. The number of hydrogen-bond acceptors (Lipinski definition) is 15. The smallest absolute Gasteiger partial charge is 0.229 e. The van der Waals surface area contributed by atoms with Crippen LogP contribution in [0.3, 0.4) is 0 Å². The molecule has 0 spiro atoms. The van der Waals surface area contributed by atoms with Gasteiger partial charge in [0.25, 0.3) is 0 Å². The molecule has 1 aromatic heterocycles. The predicted molar refractivity (Wildman–Crippen MR) is 138 cm³/mol. The Hall–Kier alpha value is -3.35. The fraction of sp³-hybridized carbons (Fsp3) is 0.444. The molecule has 0 unspecified atom stereocenters. The number of ether oxygens (including phenoxy) is 4. The lowest BCUT2D eigenvalue weighted by Crippen LogP contribution is -2.60. The van der Waals surface area contributed by atoms with Gasteiger partial charge in [-0.1, -0.05) is 0 Å². The Morgan fingerprint density at radius 1 is 0.667 bits per heavy atom. The van der Waals surface area contributed by atoms with E-state index in [-0.39, 0.29) is 28.2 Å². The maximum Gasteiger partial charge on any atom is 0.229 e. The topological polar surface area (TPSA) is 249 Å². The molecule has 0 amide bonds. The van der Waals surface area contributed by atoms with Crippen LogP contribution in [0, 0.1) is 0 Å². The van der Waals surface area contributed by atoms with Gasteiger partial charge in [0.05, 0.1) is 13.2 Å². The molecule has 2 aromatic carbocycles. The third kappa shape index (κ3) is 5.67. The maximum absolute atomic E-state index is 12.8. The van der Waals surface area contributed by atoms with E-state index in [4.69, 9.17) is 23.4 Å². The number of benzene rings is 2. The zero-order valence-electron chi connectivity index (χ0n) is 21.7. The Kier molecular flexibility index (Phi) is 8.68. The van der Waals surface area contributed by atoms with Crippen LogP contribution in [-0.4, -0.2) is 121 Å². The van der Waals surface area contributed by atoms with Crippen LogP contribution in [0.1, 0.15) is 0 Å². The quantitative estimate of drug-likeness (QED) is 0.137. The lowest BCUT2D eigenvalue weighted by atomic mass is 9.99. The van der Waals surface area contributed by atoms with Crippen molar-refractivity contribution in [3.8, 4) is 28.6 Å². The Morgan fingerprint density at radius 2 is 1.19 bits per heavy atom. The Balaban J connectivity index is 1.37. The monoisotopic (exact) mass is 594 g/mol. The minimum Gasteiger partial charge on any atom is -0.507 e. The molecule has 2 saturated heterocycles. The minimum absolute atomic E-state index is 0.0799. The van der Waals surface area contributed by atoms with Gasteiger partial charge < -0.3 is 69.3 Å². The molecule has 15 heteroatoms. The molecular formula is C27H30O15. The van der Waals surface area contributed by atoms with Crippen LogP contribution < -0.4 is 14.9 Å². The minimum atomic E-state index is -1.71. The fourth-order valence-electron chi connectivity index (χ4n) is 4.75. The van der Waals surface area contributed by atoms with E-state index < -0.39 is 85.8 Å². The standard InChI is InChI=1S/C27H30O15/c28-8-17-20(32)22(34)24(36)26(41-17)38-11-3-1-10(2-4-11)15-7-14(31)19-13(30)5-12(6-16(19)40-15)39-27-25(37)23(35)21(33)18(9-29)42-27/h1-7,17-18,20-30,32-37H,8-9H2/t17-,18+,20+,21-,22-,23+,24-,25+,26+,27-/m0/s1. The summed E-state index contributed by atoms with van der Waals surface area (Å²) < 4.78 is 27.6. The van der Waals surface area contributed by atoms with Gasteiger partial charge >= 0.3 is 0 Å². The molecule has 15 nitrogen and oxygen atoms in total. The van der Waals surface area contributed by atoms with Crippen molar-refractivity contribution in [2.75, 3.05) is 13.2 Å². The van der Waals surface area contributed by atoms with Crippen molar-refractivity contribution in [2.24, 2.45) is 0 Å². The molecule has 3 aromatic rings. The summed E-state index contributed by atoms with van der Waals surface area (Å²) in [6, 6.07) is 9.40. The number of hydrogen-bond donors (Lipinski definition) is 9. The first kappa shape index (κ1) is 30.1. The number of phenols is 1. The van der Waals surface area contributed by atoms with Gasteiger partial charge in [-0.25, -0.2) is 0 Å². The second-order valence-electron chi connectivity index (χ2n) is 9.95. The highest BCUT2D eigenvalue weighted by molar-refractivity contribution is 5.86. The molecule has 228 valence electrons. The number of aliphatic hydroxyl groups is 8. The molecular weight excluding hydrogens is 564 g/mol. The largest absolute Gasteiger partial charge is 0.507 e. The normalized spacial score (nSPS) is 33.4. The van der Waals surface area contributed by atoms with Crippen molar-refractivity contribution in [1.82, 2.24) is 0 Å². The second-order valence-corrected chi connectivity index (χ2v) is 9.95. The number of rotatable bonds is 7. The lowest BCUT2D eigenvalue weighted by Gasteiger charge is -2.39. The third-order valence-electron chi connectivity index (χ3n) is 7.12. The Morgan fingerprint density at radius 3 is 1.71 bits per heavy atom. The summed E-state index contributed by atoms with van der Waals surface area (Å²) >= 11 is 0. The van der Waals surface area contributed by atoms with E-state index in [1.165, 1.54) is 30.3 Å². The van der Waals surface area contributed by atoms with Crippen molar-refractivity contribution < 1.29 is 69.3 Å². The average molecular weight is 595 g/mol. The molecule has 2 aliphatic rings. The van der Waals surface area contributed by atoms with Crippen molar-refractivity contribution in [2.45, 2.75) is 61.4 Å². The van der Waals surface area contributed by atoms with Crippen molar-refractivity contribution in [1.29, 1.82) is 0 Å². The first-order valence-electron chi connectivity index (χ1n) is 12.9. The molecule has 2 fully saturated rings. The van der Waals surface area contributed by atoms with Crippen LogP contribution in [0.2, 0.25) is 0 Å². The van der Waals surface area contributed by atoms with Crippen molar-refractivity contribution >= 4 is 11.0 Å². The maximum atomic E-state index is 12.8. The lowest BCUT2D eigenvalue weighted by molar-refractivity contribution is -0.277. The summed E-state index contributed by atoms with van der Waals surface area (Å²) in [6.45, 7) is -1.28. The van der Waals surface area contributed by atoms with Gasteiger partial charge in [-0.15, -0.1) is 0 Å². The molecule has 0 aliphatic carbocycles. The van der Waals surface area contributed by atoms with Crippen LogP contribution >= 0.6 is 0 Å². The summed E-state index contributed by atoms with van der Waals surface area (Å²) in [5, 5.41) is 89.3. The van der Waals surface area contributed by atoms with E-state index in [0.717, 1.165) is 12.1 Å². The second kappa shape index (κ2) is 12.1. The van der Waals surface area contributed by atoms with E-state index in [2.05, 4.69) is 0 Å². The van der Waals surface area contributed by atoms with Crippen LogP contribution in [-0.2, 0) is 9.47 Å². The van der Waals surface area contributed by atoms with E-state index in [1.807, 2.05) is 0 Å². The molecule has 3 heterocycles. The summed E-state index contributed by atoms with van der Waals surface area (Å²) in [6.07, 6.45) is -15.0. The van der Waals surface area contributed by atoms with Gasteiger partial charge in [0.15, 0.2) is 5.43 Å². The van der Waals surface area contributed by atoms with Gasteiger partial charge in [-0.2, -0.15) is 0 Å². The highest BCUT2D eigenvalue weighted by Crippen LogP contribution is 2.34. The summed E-state index contributed by atoms with van der Waals surface area (Å²) in [4.78, 5) is 12.8. The first-order valence-corrected chi connectivity index (χ1v) is 12.9. The van der Waals surface area contributed by atoms with Crippen molar-refractivity contribution in [3.05, 3.63) is 52.7 Å². The van der Waals surface area contributed by atoms with Crippen molar-refractivity contribution in [3.63, 3.8) is 0 Å². The molecule has 0 bridgehead atoms. The van der Waals surface area contributed by atoms with Gasteiger partial charge in [0, 0.05) is 23.8 Å². The van der Waals surface area contributed by atoms with E-state index >= 15 is 0 Å². The number of fused-ring (bicyclic) bond motifs is 1. The first-order chi connectivity index (χ1) is 20.0. The SMILES string of the molecule is O=c1cc(-c2ccc(O[C@@H]3O[C@@H](CO)[C@@H](O)[C@H](O)[C@@H]3O)cc2)oc2cc(O[C@H]3O[C@H](CO)[C@H](O)[C@@H](O)[C@H]3O)cc(O)c12. The Labute approximate surface area is 236 Å². The highest BCUT2D eigenvalue weighted by Gasteiger charge is 2.45. The number of phenolic OH excluding ortho intramolecular Hbond substituents is 1. The summed E-state index contributed by atoms with van der Waals surface area (Å²) in [7, 11) is 0. The van der Waals surface area contributed by atoms with Crippen LogP contribution in [0.15, 0.2) is 51.7 Å². The molecule has 2 aliphatic heterocycles. The predicted octanol–water partition coefficient (Wildman–Crippen LogP) is -2.48. The van der Waals surface area contributed by atoms with Gasteiger partial charge in [-0.05, 0) is 24.3 Å². The van der Waals surface area contributed by atoms with Gasteiger partial charge in [-0.3, -0.25) is 4.79 Å². The molecule has 42 heavy (non-hydrogen) atoms. The highest BCUT2D eigenvalue weighted by atomic mass is 16.7. The Bertz CT molecular complexity index is 1440. The third-order valence-corrected chi connectivity index (χ3v) is 7.12. The average Bonchev–Trinajstić information content (AvgIpc) is 2.97.